The summed E-state index contributed by atoms with van der Waals surface area (Å²) in [6.45, 7) is 3.16. The van der Waals surface area contributed by atoms with Crippen LogP contribution in [-0.4, -0.2) is 26.4 Å². The number of nitrogens with one attached hydrogen (secondary N) is 1. The molecule has 0 aliphatic heterocycles. The van der Waals surface area contributed by atoms with Crippen molar-refractivity contribution in [2.45, 2.75) is 25.9 Å². The number of hydrogen-bond acceptors (Lipinski definition) is 3. The van der Waals surface area contributed by atoms with Gasteiger partial charge < -0.3 is 9.88 Å². The highest BCUT2D eigenvalue weighted by atomic mass is 15.2. The number of hydrogen-bond donors (Lipinski definition) is 1. The lowest BCUT2D eigenvalue weighted by Crippen LogP contribution is -2.21. The smallest absolute Gasteiger partial charge is 0.130 e. The van der Waals surface area contributed by atoms with E-state index in [0.29, 0.717) is 0 Å². The van der Waals surface area contributed by atoms with Crippen LogP contribution in [0.4, 0.5) is 0 Å². The summed E-state index contributed by atoms with van der Waals surface area (Å²) in [4.78, 5) is 4.46. The Morgan fingerprint density at radius 1 is 1.47 bits per heavy atom. The maximum atomic E-state index is 4.46. The van der Waals surface area contributed by atoms with Crippen LogP contribution in [0.3, 0.4) is 0 Å². The maximum absolute atomic E-state index is 4.46. The fraction of sp³-hybridized carbons (Fsp3) is 0.500. The van der Waals surface area contributed by atoms with Crippen molar-refractivity contribution in [1.29, 1.82) is 0 Å². The van der Waals surface area contributed by atoms with Gasteiger partial charge in [0, 0.05) is 37.7 Å². The van der Waals surface area contributed by atoms with E-state index in [9.17, 15) is 0 Å². The maximum Gasteiger partial charge on any atom is 0.130 e. The van der Waals surface area contributed by atoms with Gasteiger partial charge in [0.05, 0.1) is 12.2 Å². The van der Waals surface area contributed by atoms with Crippen molar-refractivity contribution < 1.29 is 0 Å². The van der Waals surface area contributed by atoms with Crippen molar-refractivity contribution in [2.24, 2.45) is 7.05 Å². The summed E-state index contributed by atoms with van der Waals surface area (Å²) >= 11 is 0. The first kappa shape index (κ1) is 11.9. The lowest BCUT2D eigenvalue weighted by Gasteiger charge is -2.15. The van der Waals surface area contributed by atoms with E-state index >= 15 is 0 Å². The third kappa shape index (κ3) is 2.39. The first-order chi connectivity index (χ1) is 8.26. The van der Waals surface area contributed by atoms with Crippen molar-refractivity contribution in [2.75, 3.05) is 7.05 Å². The normalized spacial score (nSPS) is 12.9. The summed E-state index contributed by atoms with van der Waals surface area (Å²) in [5.74, 6) is 1.04. The van der Waals surface area contributed by atoms with Crippen molar-refractivity contribution in [3.05, 3.63) is 36.2 Å². The third-order valence-electron chi connectivity index (χ3n) is 2.82. The van der Waals surface area contributed by atoms with Gasteiger partial charge in [-0.15, -0.1) is 0 Å². The van der Waals surface area contributed by atoms with Crippen LogP contribution in [-0.2, 0) is 13.6 Å². The van der Waals surface area contributed by atoms with Gasteiger partial charge >= 0.3 is 0 Å². The second kappa shape index (κ2) is 5.14. The number of imidazole rings is 1. The van der Waals surface area contributed by atoms with Gasteiger partial charge in [-0.2, -0.15) is 5.10 Å². The summed E-state index contributed by atoms with van der Waals surface area (Å²) in [6.07, 6.45) is 8.89. The second-order valence-electron chi connectivity index (χ2n) is 4.15. The van der Waals surface area contributed by atoms with Crippen LogP contribution in [0.15, 0.2) is 24.8 Å². The lowest BCUT2D eigenvalue weighted by molar-refractivity contribution is 0.567. The minimum Gasteiger partial charge on any atom is -0.333 e. The quantitative estimate of drug-likeness (QED) is 0.847. The Hall–Kier alpha value is -1.62. The lowest BCUT2D eigenvalue weighted by atomic mass is 10.1. The van der Waals surface area contributed by atoms with E-state index in [1.807, 2.05) is 43.6 Å². The Bertz CT molecular complexity index is 471. The molecule has 17 heavy (non-hydrogen) atoms. The fourth-order valence-corrected chi connectivity index (χ4v) is 2.05. The molecule has 0 saturated heterocycles. The fourth-order valence-electron chi connectivity index (χ4n) is 2.05. The van der Waals surface area contributed by atoms with E-state index in [1.165, 1.54) is 0 Å². The third-order valence-corrected chi connectivity index (χ3v) is 2.82. The number of nitrogens with zero attached hydrogens (tertiary/aromatic N) is 4. The predicted octanol–water partition coefficient (Wildman–Crippen LogP) is 1.34. The Kier molecular flexibility index (Phi) is 3.58. The average molecular weight is 233 g/mol. The van der Waals surface area contributed by atoms with Gasteiger partial charge in [-0.3, -0.25) is 4.68 Å². The van der Waals surface area contributed by atoms with Gasteiger partial charge in [0.25, 0.3) is 0 Å². The van der Waals surface area contributed by atoms with Gasteiger partial charge in [0.15, 0.2) is 0 Å². The van der Waals surface area contributed by atoms with E-state index in [1.54, 1.807) is 0 Å². The average Bonchev–Trinajstić information content (AvgIpc) is 2.91. The molecule has 2 rings (SSSR count). The molecular formula is C12H19N5. The predicted molar refractivity (Wildman–Crippen MR) is 66.6 cm³/mol. The molecule has 1 N–H and O–H groups in total. The Morgan fingerprint density at radius 3 is 2.88 bits per heavy atom. The SMILES string of the molecule is CCCn1ccnc1C(NC)c1cnn(C)c1. The highest BCUT2D eigenvalue weighted by Crippen LogP contribution is 2.19. The number of aryl methyl sites for hydroxylation is 2. The summed E-state index contributed by atoms with van der Waals surface area (Å²) in [5, 5.41) is 7.51. The zero-order valence-electron chi connectivity index (χ0n) is 10.6. The van der Waals surface area contributed by atoms with Gasteiger partial charge in [0.2, 0.25) is 0 Å². The molecule has 0 spiro atoms. The summed E-state index contributed by atoms with van der Waals surface area (Å²) in [7, 11) is 3.87. The minimum absolute atomic E-state index is 0.102. The van der Waals surface area contributed by atoms with Crippen LogP contribution in [0, 0.1) is 0 Å². The molecular weight excluding hydrogens is 214 g/mol. The number of aromatic nitrogens is 4. The summed E-state index contributed by atoms with van der Waals surface area (Å²) < 4.78 is 4.00. The van der Waals surface area contributed by atoms with Crippen LogP contribution in [0.5, 0.6) is 0 Å². The van der Waals surface area contributed by atoms with Gasteiger partial charge in [0.1, 0.15) is 5.82 Å². The first-order valence-electron chi connectivity index (χ1n) is 5.93. The van der Waals surface area contributed by atoms with E-state index < -0.39 is 0 Å². The molecule has 0 aliphatic rings. The summed E-state index contributed by atoms with van der Waals surface area (Å²) in [6, 6.07) is 0.102. The van der Waals surface area contributed by atoms with E-state index in [2.05, 4.69) is 26.9 Å². The topological polar surface area (TPSA) is 47.7 Å². The molecule has 1 atom stereocenters. The van der Waals surface area contributed by atoms with Crippen molar-refractivity contribution in [1.82, 2.24) is 24.6 Å². The largest absolute Gasteiger partial charge is 0.333 e. The molecule has 2 aromatic heterocycles. The minimum atomic E-state index is 0.102. The molecule has 0 radical (unpaired) electrons. The molecule has 0 fully saturated rings. The van der Waals surface area contributed by atoms with E-state index in [-0.39, 0.29) is 6.04 Å². The number of rotatable bonds is 5. The molecule has 0 saturated carbocycles. The van der Waals surface area contributed by atoms with Crippen molar-refractivity contribution in [3.63, 3.8) is 0 Å². The summed E-state index contributed by atoms with van der Waals surface area (Å²) in [5.41, 5.74) is 1.14. The van der Waals surface area contributed by atoms with E-state index in [4.69, 9.17) is 0 Å². The van der Waals surface area contributed by atoms with Crippen LogP contribution in [0.1, 0.15) is 30.8 Å². The highest BCUT2D eigenvalue weighted by Gasteiger charge is 2.18. The Balaban J connectivity index is 2.31. The molecule has 92 valence electrons. The Labute approximate surface area is 101 Å². The van der Waals surface area contributed by atoms with Gasteiger partial charge in [-0.05, 0) is 13.5 Å². The van der Waals surface area contributed by atoms with Gasteiger partial charge in [-0.25, -0.2) is 4.98 Å². The highest BCUT2D eigenvalue weighted by molar-refractivity contribution is 5.20. The Morgan fingerprint density at radius 2 is 2.29 bits per heavy atom. The zero-order valence-corrected chi connectivity index (χ0v) is 10.6. The molecule has 0 aromatic carbocycles. The van der Waals surface area contributed by atoms with Crippen molar-refractivity contribution in [3.8, 4) is 0 Å². The van der Waals surface area contributed by atoms with Crippen LogP contribution >= 0.6 is 0 Å². The molecule has 5 nitrogen and oxygen atoms in total. The zero-order chi connectivity index (χ0) is 12.3. The molecule has 0 bridgehead atoms. The standard InChI is InChI=1S/C12H19N5/c1-4-6-17-7-5-14-12(17)11(13-2)10-8-15-16(3)9-10/h5,7-9,11,13H,4,6H2,1-3H3. The van der Waals surface area contributed by atoms with Crippen LogP contribution in [0.2, 0.25) is 0 Å². The van der Waals surface area contributed by atoms with Crippen LogP contribution < -0.4 is 5.32 Å². The molecule has 2 aromatic rings. The van der Waals surface area contributed by atoms with E-state index in [0.717, 1.165) is 24.4 Å². The molecule has 1 unspecified atom stereocenters. The molecule has 2 heterocycles. The molecule has 5 heteroatoms. The first-order valence-corrected chi connectivity index (χ1v) is 5.93. The van der Waals surface area contributed by atoms with Gasteiger partial charge in [-0.1, -0.05) is 6.92 Å². The van der Waals surface area contributed by atoms with Crippen molar-refractivity contribution >= 4 is 0 Å². The molecule has 0 aliphatic carbocycles. The van der Waals surface area contributed by atoms with Crippen LogP contribution in [0.25, 0.3) is 0 Å². The second-order valence-corrected chi connectivity index (χ2v) is 4.15. The molecule has 0 amide bonds. The monoisotopic (exact) mass is 233 g/mol.